The van der Waals surface area contributed by atoms with Gasteiger partial charge in [0.25, 0.3) is 0 Å². The monoisotopic (exact) mass is 182 g/mol. The maximum absolute atomic E-state index is 10.1. The van der Waals surface area contributed by atoms with Crippen LogP contribution in [0.15, 0.2) is 0 Å². The van der Waals surface area contributed by atoms with Gasteiger partial charge in [0.1, 0.15) is 14.4 Å². The van der Waals surface area contributed by atoms with Crippen LogP contribution in [0.25, 0.3) is 0 Å². The van der Waals surface area contributed by atoms with Gasteiger partial charge in [-0.2, -0.15) is 0 Å². The minimum Gasteiger partial charge on any atom is -0.302 e. The van der Waals surface area contributed by atoms with Gasteiger partial charge in [0.15, 0.2) is 0 Å². The Hall–Kier alpha value is -0.553. The molecule has 68 valence electrons. The van der Waals surface area contributed by atoms with Crippen LogP contribution in [-0.4, -0.2) is 14.4 Å². The van der Waals surface area contributed by atoms with Crippen LogP contribution < -0.4 is 0 Å². The molecule has 0 fully saturated rings. The Balaban J connectivity index is 4.31. The van der Waals surface area contributed by atoms with E-state index in [9.17, 15) is 4.79 Å². The van der Waals surface area contributed by atoms with Crippen LogP contribution in [-0.2, 0) is 4.79 Å². The average Bonchev–Trinajstić information content (AvgIpc) is 2.14. The third-order valence-corrected chi connectivity index (χ3v) is 7.34. The van der Waals surface area contributed by atoms with Gasteiger partial charge in [-0.05, 0) is 18.1 Å². The van der Waals surface area contributed by atoms with E-state index in [1.54, 1.807) is 0 Å². The molecule has 0 aromatic carbocycles. The first-order valence-corrected chi connectivity index (χ1v) is 7.30. The number of rotatable bonds is 4. The highest BCUT2D eigenvalue weighted by Crippen LogP contribution is 2.18. The second-order valence-corrected chi connectivity index (χ2v) is 7.95. The first-order valence-electron chi connectivity index (χ1n) is 4.68. The third kappa shape index (κ3) is 3.23. The van der Waals surface area contributed by atoms with Crippen LogP contribution in [0, 0.1) is 11.5 Å². The van der Waals surface area contributed by atoms with Gasteiger partial charge in [-0.1, -0.05) is 20.8 Å². The summed E-state index contributed by atoms with van der Waals surface area (Å²) in [6.45, 7) is 6.65. The van der Waals surface area contributed by atoms with Crippen LogP contribution >= 0.6 is 0 Å². The van der Waals surface area contributed by atoms with Gasteiger partial charge >= 0.3 is 0 Å². The van der Waals surface area contributed by atoms with Gasteiger partial charge in [0, 0.05) is 0 Å². The van der Waals surface area contributed by atoms with E-state index in [0.29, 0.717) is 6.42 Å². The molecule has 0 heterocycles. The second kappa shape index (κ2) is 6.02. The van der Waals surface area contributed by atoms with Crippen molar-refractivity contribution in [3.05, 3.63) is 0 Å². The highest BCUT2D eigenvalue weighted by molar-refractivity contribution is 6.87. The van der Waals surface area contributed by atoms with Crippen molar-refractivity contribution in [1.82, 2.24) is 0 Å². The zero-order valence-electron chi connectivity index (χ0n) is 8.31. The van der Waals surface area contributed by atoms with Gasteiger partial charge in [-0.3, -0.25) is 0 Å². The maximum Gasteiger partial charge on any atom is 0.137 e. The van der Waals surface area contributed by atoms with Crippen molar-refractivity contribution >= 4 is 14.4 Å². The minimum absolute atomic E-state index is 0.411. The van der Waals surface area contributed by atoms with Crippen molar-refractivity contribution in [2.24, 2.45) is 0 Å². The van der Waals surface area contributed by atoms with E-state index in [-0.39, 0.29) is 0 Å². The molecule has 0 rings (SSSR count). The summed E-state index contributed by atoms with van der Waals surface area (Å²) in [5, 5.41) is 0. The van der Waals surface area contributed by atoms with Crippen molar-refractivity contribution in [1.29, 1.82) is 0 Å². The van der Waals surface area contributed by atoms with E-state index in [1.165, 1.54) is 18.1 Å². The first kappa shape index (κ1) is 11.4. The lowest BCUT2D eigenvalue weighted by Crippen LogP contribution is -2.29. The second-order valence-electron chi connectivity index (χ2n) is 3.01. The Kier molecular flexibility index (Phi) is 5.74. The predicted molar refractivity (Wildman–Crippen MR) is 55.7 cm³/mol. The quantitative estimate of drug-likeness (QED) is 0.371. The zero-order chi connectivity index (χ0) is 9.45. The van der Waals surface area contributed by atoms with Crippen molar-refractivity contribution in [2.75, 3.05) is 0 Å². The summed E-state index contributed by atoms with van der Waals surface area (Å²) in [6, 6.07) is 3.64. The Morgan fingerprint density at radius 2 is 1.67 bits per heavy atom. The van der Waals surface area contributed by atoms with Crippen molar-refractivity contribution in [2.45, 2.75) is 45.3 Å². The van der Waals surface area contributed by atoms with Crippen LogP contribution in [0.4, 0.5) is 0 Å². The van der Waals surface area contributed by atoms with Gasteiger partial charge < -0.3 is 4.79 Å². The molecule has 0 aliphatic carbocycles. The highest BCUT2D eigenvalue weighted by atomic mass is 28.3. The summed E-state index contributed by atoms with van der Waals surface area (Å²) in [7, 11) is -1.27. The van der Waals surface area contributed by atoms with Crippen molar-refractivity contribution in [3.63, 3.8) is 0 Å². The van der Waals surface area contributed by atoms with Crippen molar-refractivity contribution in [3.8, 4) is 11.5 Å². The normalized spacial score (nSPS) is 10.2. The third-order valence-electron chi connectivity index (χ3n) is 2.57. The molecule has 0 saturated heterocycles. The topological polar surface area (TPSA) is 17.1 Å². The maximum atomic E-state index is 10.1. The summed E-state index contributed by atoms with van der Waals surface area (Å²) in [5.74, 6) is 2.97. The molecule has 0 saturated carbocycles. The molecule has 12 heavy (non-hydrogen) atoms. The number of hydrogen-bond acceptors (Lipinski definition) is 1. The van der Waals surface area contributed by atoms with Crippen LogP contribution in [0.1, 0.15) is 27.2 Å². The Morgan fingerprint density at radius 3 is 2.00 bits per heavy atom. The van der Waals surface area contributed by atoms with E-state index < -0.39 is 8.07 Å². The standard InChI is InChI=1S/C10H18OSi/c1-4-12(5-2,6-3)10-8-7-9-11/h9H,4-7H2,1-3H3. The molecule has 0 atom stereocenters. The van der Waals surface area contributed by atoms with E-state index in [1.807, 2.05) is 0 Å². The van der Waals surface area contributed by atoms with E-state index in [2.05, 4.69) is 32.2 Å². The molecule has 0 aromatic heterocycles. The van der Waals surface area contributed by atoms with Gasteiger partial charge in [0.05, 0.1) is 6.42 Å². The molecule has 0 aliphatic rings. The lowest BCUT2D eigenvalue weighted by atomic mass is 10.5. The lowest BCUT2D eigenvalue weighted by Gasteiger charge is -2.19. The van der Waals surface area contributed by atoms with E-state index in [4.69, 9.17) is 0 Å². The molecule has 2 heteroatoms. The first-order chi connectivity index (χ1) is 5.74. The summed E-state index contributed by atoms with van der Waals surface area (Å²) < 4.78 is 0. The number of hydrogen-bond donors (Lipinski definition) is 0. The van der Waals surface area contributed by atoms with Gasteiger partial charge in [0.2, 0.25) is 0 Å². The van der Waals surface area contributed by atoms with Crippen LogP contribution in [0.2, 0.25) is 18.1 Å². The van der Waals surface area contributed by atoms with E-state index in [0.717, 1.165) is 6.29 Å². The van der Waals surface area contributed by atoms with Crippen LogP contribution in [0.5, 0.6) is 0 Å². The summed E-state index contributed by atoms with van der Waals surface area (Å²) in [6.07, 6.45) is 1.29. The van der Waals surface area contributed by atoms with E-state index >= 15 is 0 Å². The Labute approximate surface area is 76.6 Å². The molecule has 0 spiro atoms. The number of carbonyl (C=O) groups excluding carboxylic acids is 1. The summed E-state index contributed by atoms with van der Waals surface area (Å²) >= 11 is 0. The molecule has 0 amide bonds. The lowest BCUT2D eigenvalue weighted by molar-refractivity contribution is -0.107. The zero-order valence-corrected chi connectivity index (χ0v) is 9.31. The Morgan fingerprint density at radius 1 is 1.17 bits per heavy atom. The van der Waals surface area contributed by atoms with Gasteiger partial charge in [-0.15, -0.1) is 11.5 Å². The fourth-order valence-electron chi connectivity index (χ4n) is 1.30. The average molecular weight is 182 g/mol. The van der Waals surface area contributed by atoms with Gasteiger partial charge in [-0.25, -0.2) is 0 Å². The molecule has 0 unspecified atom stereocenters. The summed E-state index contributed by atoms with van der Waals surface area (Å²) in [4.78, 5) is 10.1. The minimum atomic E-state index is -1.27. The molecule has 0 aromatic rings. The van der Waals surface area contributed by atoms with Crippen LogP contribution in [0.3, 0.4) is 0 Å². The number of aldehydes is 1. The largest absolute Gasteiger partial charge is 0.302 e. The molecular weight excluding hydrogens is 164 g/mol. The predicted octanol–water partition coefficient (Wildman–Crippen LogP) is 2.63. The number of carbonyl (C=O) groups is 1. The highest BCUT2D eigenvalue weighted by Gasteiger charge is 2.23. The molecule has 0 bridgehead atoms. The fraction of sp³-hybridized carbons (Fsp3) is 0.700. The summed E-state index contributed by atoms with van der Waals surface area (Å²) in [5.41, 5.74) is 3.34. The van der Waals surface area contributed by atoms with Crippen molar-refractivity contribution < 1.29 is 4.79 Å². The molecule has 0 N–H and O–H groups in total. The smallest absolute Gasteiger partial charge is 0.137 e. The molecule has 0 aliphatic heterocycles. The molecule has 1 nitrogen and oxygen atoms in total. The molecule has 0 radical (unpaired) electrons. The molecular formula is C10H18OSi. The SMILES string of the molecule is CC[Si](C#CCC=O)(CC)CC. The Bertz CT molecular complexity index is 175. The fourth-order valence-corrected chi connectivity index (χ4v) is 3.80.